The zero-order valence-electron chi connectivity index (χ0n) is 30.3. The van der Waals surface area contributed by atoms with Crippen LogP contribution in [0.3, 0.4) is 0 Å². The largest absolute Gasteiger partial charge is 0.248 e. The molecule has 0 N–H and O–H groups in total. The minimum absolute atomic E-state index is 0.620. The molecule has 0 aliphatic carbocycles. The Kier molecular flexibility index (Phi) is 9.13. The van der Waals surface area contributed by atoms with Crippen molar-refractivity contribution in [2.45, 2.75) is 6.92 Å². The Labute approximate surface area is 321 Å². The molecule has 9 rings (SSSR count). The molecule has 260 valence electrons. The molecule has 0 amide bonds. The Balaban J connectivity index is 1.16. The van der Waals surface area contributed by atoms with Gasteiger partial charge in [-0.1, -0.05) is 175 Å². The van der Waals surface area contributed by atoms with E-state index in [0.717, 1.165) is 72.6 Å². The van der Waals surface area contributed by atoms with E-state index in [1.54, 1.807) is 0 Å². The molecule has 0 spiro atoms. The molecule has 2 aromatic heterocycles. The van der Waals surface area contributed by atoms with Crippen LogP contribution in [-0.4, -0.2) is 19.9 Å². The molecule has 0 aliphatic rings. The molecular formula is C51H36N4. The van der Waals surface area contributed by atoms with Crippen molar-refractivity contribution in [2.75, 3.05) is 0 Å². The number of aromatic nitrogens is 4. The SMILES string of the molecule is Cc1ccc(-c2cc(-c3ccc(-c4cc(-c5ccccc5)cc(-c5ccccc5)n4)cc3)cc(-c3nc(-c4ccccc4)nc(-c4ccccc4)n3)c2)cc1. The first-order valence-electron chi connectivity index (χ1n) is 18.5. The van der Waals surface area contributed by atoms with Gasteiger partial charge in [-0.3, -0.25) is 0 Å². The van der Waals surface area contributed by atoms with Gasteiger partial charge in [0.25, 0.3) is 0 Å². The van der Waals surface area contributed by atoms with Crippen LogP contribution in [0.1, 0.15) is 5.56 Å². The van der Waals surface area contributed by atoms with Crippen LogP contribution in [0.5, 0.6) is 0 Å². The van der Waals surface area contributed by atoms with Crippen molar-refractivity contribution in [1.82, 2.24) is 19.9 Å². The van der Waals surface area contributed by atoms with E-state index >= 15 is 0 Å². The summed E-state index contributed by atoms with van der Waals surface area (Å²) in [5, 5.41) is 0. The molecule has 9 aromatic rings. The van der Waals surface area contributed by atoms with E-state index in [1.165, 1.54) is 5.56 Å². The van der Waals surface area contributed by atoms with Gasteiger partial charge in [-0.15, -0.1) is 0 Å². The third-order valence-corrected chi connectivity index (χ3v) is 9.79. The third-order valence-electron chi connectivity index (χ3n) is 9.79. The molecule has 55 heavy (non-hydrogen) atoms. The lowest BCUT2D eigenvalue weighted by atomic mass is 9.94. The maximum atomic E-state index is 5.16. The third kappa shape index (κ3) is 7.35. The van der Waals surface area contributed by atoms with Gasteiger partial charge >= 0.3 is 0 Å². The van der Waals surface area contributed by atoms with E-state index in [2.05, 4.69) is 134 Å². The van der Waals surface area contributed by atoms with Gasteiger partial charge in [0.1, 0.15) is 0 Å². The summed E-state index contributed by atoms with van der Waals surface area (Å²) in [5.74, 6) is 1.89. The van der Waals surface area contributed by atoms with Crippen LogP contribution in [0.2, 0.25) is 0 Å². The average molecular weight is 705 g/mol. The van der Waals surface area contributed by atoms with Crippen LogP contribution >= 0.6 is 0 Å². The summed E-state index contributed by atoms with van der Waals surface area (Å²) in [6, 6.07) is 69.4. The van der Waals surface area contributed by atoms with Gasteiger partial charge in [-0.05, 0) is 70.6 Å². The Hall–Kier alpha value is -7.30. The lowest BCUT2D eigenvalue weighted by molar-refractivity contribution is 1.07. The topological polar surface area (TPSA) is 51.6 Å². The molecule has 4 nitrogen and oxygen atoms in total. The predicted molar refractivity (Wildman–Crippen MR) is 226 cm³/mol. The van der Waals surface area contributed by atoms with Crippen LogP contribution in [0.15, 0.2) is 200 Å². The van der Waals surface area contributed by atoms with Gasteiger partial charge in [0, 0.05) is 27.8 Å². The van der Waals surface area contributed by atoms with E-state index in [0.29, 0.717) is 17.5 Å². The van der Waals surface area contributed by atoms with Crippen molar-refractivity contribution < 1.29 is 0 Å². The Morgan fingerprint density at radius 1 is 0.236 bits per heavy atom. The van der Waals surface area contributed by atoms with E-state index in [4.69, 9.17) is 19.9 Å². The van der Waals surface area contributed by atoms with Gasteiger partial charge < -0.3 is 0 Å². The molecule has 0 bridgehead atoms. The molecular weight excluding hydrogens is 669 g/mol. The molecule has 0 fully saturated rings. The van der Waals surface area contributed by atoms with Gasteiger partial charge in [-0.2, -0.15) is 0 Å². The van der Waals surface area contributed by atoms with Crippen LogP contribution < -0.4 is 0 Å². The molecule has 0 radical (unpaired) electrons. The second-order valence-corrected chi connectivity index (χ2v) is 13.6. The fourth-order valence-electron chi connectivity index (χ4n) is 6.84. The summed E-state index contributed by atoms with van der Waals surface area (Å²) in [6.45, 7) is 2.11. The standard InChI is InChI=1S/C51H36N4/c1-35-22-24-37(25-23-35)43-30-44(32-46(31-43)51-54-49(41-18-10-4-11-19-41)53-50(55-51)42-20-12-5-13-21-42)38-26-28-40(29-27-38)48-34-45(36-14-6-2-7-15-36)33-47(52-48)39-16-8-3-9-17-39/h2-34H,1H3. The first kappa shape index (κ1) is 33.5. The number of nitrogens with zero attached hydrogens (tertiary/aromatic N) is 4. The highest BCUT2D eigenvalue weighted by Crippen LogP contribution is 2.35. The zero-order chi connectivity index (χ0) is 37.0. The fraction of sp³-hybridized carbons (Fsp3) is 0.0196. The Morgan fingerprint density at radius 2 is 0.545 bits per heavy atom. The molecule has 7 aromatic carbocycles. The van der Waals surface area contributed by atoms with E-state index < -0.39 is 0 Å². The molecule has 0 saturated heterocycles. The summed E-state index contributed by atoms with van der Waals surface area (Å²) < 4.78 is 0. The van der Waals surface area contributed by atoms with Crippen LogP contribution in [0.25, 0.3) is 90.1 Å². The normalized spacial score (nSPS) is 11.0. The maximum absolute atomic E-state index is 5.16. The average Bonchev–Trinajstić information content (AvgIpc) is 3.27. The monoisotopic (exact) mass is 704 g/mol. The fourth-order valence-corrected chi connectivity index (χ4v) is 6.84. The molecule has 2 heterocycles. The summed E-state index contributed by atoms with van der Waals surface area (Å²) in [6.07, 6.45) is 0. The van der Waals surface area contributed by atoms with Crippen LogP contribution in [0.4, 0.5) is 0 Å². The summed E-state index contributed by atoms with van der Waals surface area (Å²) in [5.41, 5.74) is 14.7. The maximum Gasteiger partial charge on any atom is 0.164 e. The van der Waals surface area contributed by atoms with E-state index in [1.807, 2.05) is 72.8 Å². The number of benzene rings is 7. The zero-order valence-corrected chi connectivity index (χ0v) is 30.3. The molecule has 4 heteroatoms. The lowest BCUT2D eigenvalue weighted by Gasteiger charge is -2.13. The van der Waals surface area contributed by atoms with Gasteiger partial charge in [0.15, 0.2) is 17.5 Å². The van der Waals surface area contributed by atoms with Gasteiger partial charge in [-0.25, -0.2) is 19.9 Å². The first-order chi connectivity index (χ1) is 27.1. The van der Waals surface area contributed by atoms with Crippen LogP contribution in [0, 0.1) is 6.92 Å². The van der Waals surface area contributed by atoms with Crippen molar-refractivity contribution in [3.05, 3.63) is 206 Å². The van der Waals surface area contributed by atoms with E-state index in [-0.39, 0.29) is 0 Å². The molecule has 0 aliphatic heterocycles. The molecule has 0 atom stereocenters. The number of aryl methyl sites for hydroxylation is 1. The Bertz CT molecular complexity index is 2600. The highest BCUT2D eigenvalue weighted by atomic mass is 15.0. The highest BCUT2D eigenvalue weighted by Gasteiger charge is 2.16. The quantitative estimate of drug-likeness (QED) is 0.158. The number of rotatable bonds is 8. The number of hydrogen-bond acceptors (Lipinski definition) is 4. The van der Waals surface area contributed by atoms with Crippen molar-refractivity contribution in [3.8, 4) is 90.1 Å². The summed E-state index contributed by atoms with van der Waals surface area (Å²) in [4.78, 5) is 20.2. The Morgan fingerprint density at radius 3 is 1.02 bits per heavy atom. The van der Waals surface area contributed by atoms with Gasteiger partial charge in [0.2, 0.25) is 0 Å². The highest BCUT2D eigenvalue weighted by molar-refractivity contribution is 5.82. The van der Waals surface area contributed by atoms with Crippen LogP contribution in [-0.2, 0) is 0 Å². The summed E-state index contributed by atoms with van der Waals surface area (Å²) >= 11 is 0. The van der Waals surface area contributed by atoms with Crippen molar-refractivity contribution in [3.63, 3.8) is 0 Å². The number of hydrogen-bond donors (Lipinski definition) is 0. The predicted octanol–water partition coefficient (Wildman–Crippen LogP) is 12.9. The molecule has 0 saturated carbocycles. The van der Waals surface area contributed by atoms with Crippen molar-refractivity contribution in [1.29, 1.82) is 0 Å². The van der Waals surface area contributed by atoms with Crippen molar-refractivity contribution in [2.24, 2.45) is 0 Å². The molecule has 0 unspecified atom stereocenters. The second kappa shape index (κ2) is 15.0. The van der Waals surface area contributed by atoms with Crippen molar-refractivity contribution >= 4 is 0 Å². The summed E-state index contributed by atoms with van der Waals surface area (Å²) in [7, 11) is 0. The minimum Gasteiger partial charge on any atom is -0.248 e. The van der Waals surface area contributed by atoms with Gasteiger partial charge in [0.05, 0.1) is 11.4 Å². The van der Waals surface area contributed by atoms with E-state index in [9.17, 15) is 0 Å². The lowest BCUT2D eigenvalue weighted by Crippen LogP contribution is -2.00. The first-order valence-corrected chi connectivity index (χ1v) is 18.5. The smallest absolute Gasteiger partial charge is 0.164 e. The minimum atomic E-state index is 0.620. The second-order valence-electron chi connectivity index (χ2n) is 13.6. The number of pyridine rings is 1.